The number of rotatable bonds is 1. The number of hydrogen-bond donors (Lipinski definition) is 0. The van der Waals surface area contributed by atoms with Crippen LogP contribution >= 0.6 is 0 Å². The fourth-order valence-corrected chi connectivity index (χ4v) is 3.09. The fraction of sp³-hybridized carbons (Fsp3) is 0.190. The van der Waals surface area contributed by atoms with E-state index >= 15 is 0 Å². The maximum atomic E-state index is 4.86. The summed E-state index contributed by atoms with van der Waals surface area (Å²) in [6.07, 6.45) is 4.36. The van der Waals surface area contributed by atoms with Crippen LogP contribution in [-0.2, 0) is 5.41 Å². The van der Waals surface area contributed by atoms with Gasteiger partial charge in [0.1, 0.15) is 0 Å². The zero-order valence-corrected chi connectivity index (χ0v) is 13.2. The first-order valence-electron chi connectivity index (χ1n) is 7.75. The molecule has 0 bridgehead atoms. The van der Waals surface area contributed by atoms with Crippen LogP contribution in [0, 0.1) is 0 Å². The molecule has 0 unspecified atom stereocenters. The van der Waals surface area contributed by atoms with E-state index in [1.54, 1.807) is 0 Å². The summed E-state index contributed by atoms with van der Waals surface area (Å²) in [5.41, 5.74) is 7.38. The van der Waals surface area contributed by atoms with Crippen LogP contribution in [0.1, 0.15) is 37.5 Å². The molecule has 0 N–H and O–H groups in total. The van der Waals surface area contributed by atoms with Crippen LogP contribution in [0.15, 0.2) is 48.5 Å². The Hall–Kier alpha value is -2.41. The second-order valence-corrected chi connectivity index (χ2v) is 7.00. The molecular weight excluding hydrogens is 266 g/mol. The summed E-state index contributed by atoms with van der Waals surface area (Å²) in [5.74, 6) is 0. The maximum Gasteiger partial charge on any atom is 0.0721 e. The monoisotopic (exact) mass is 285 g/mol. The van der Waals surface area contributed by atoms with Gasteiger partial charge in [-0.1, -0.05) is 69.3 Å². The van der Waals surface area contributed by atoms with E-state index in [4.69, 9.17) is 4.98 Å². The standard InChI is InChI=1S/C21H19N/c1-21(2,3)17-11-9-14(10-12-17)19-13-16-8-7-15-5-4-6-18(22-19)20(15)16/h4-13H,1-3H3. The molecule has 1 nitrogen and oxygen atoms in total. The van der Waals surface area contributed by atoms with Crippen molar-refractivity contribution < 1.29 is 0 Å². The van der Waals surface area contributed by atoms with Crippen LogP contribution in [0.3, 0.4) is 0 Å². The molecule has 1 aliphatic rings. The first-order valence-corrected chi connectivity index (χ1v) is 7.75. The number of nitrogens with zero attached hydrogens (tertiary/aromatic N) is 1. The van der Waals surface area contributed by atoms with Crippen molar-refractivity contribution in [1.29, 1.82) is 0 Å². The van der Waals surface area contributed by atoms with Crippen molar-refractivity contribution in [2.24, 2.45) is 0 Å². The summed E-state index contributed by atoms with van der Waals surface area (Å²) in [6.45, 7) is 6.72. The van der Waals surface area contributed by atoms with E-state index in [2.05, 4.69) is 81.5 Å². The molecule has 0 saturated carbocycles. The summed E-state index contributed by atoms with van der Waals surface area (Å²) in [6, 6.07) is 17.3. The summed E-state index contributed by atoms with van der Waals surface area (Å²) < 4.78 is 0. The smallest absolute Gasteiger partial charge is 0.0721 e. The van der Waals surface area contributed by atoms with Crippen molar-refractivity contribution >= 4 is 23.1 Å². The molecule has 0 fully saturated rings. The van der Waals surface area contributed by atoms with Gasteiger partial charge in [-0.15, -0.1) is 0 Å². The molecule has 0 radical (unpaired) electrons. The van der Waals surface area contributed by atoms with E-state index in [-0.39, 0.29) is 5.41 Å². The first-order chi connectivity index (χ1) is 10.5. The summed E-state index contributed by atoms with van der Waals surface area (Å²) in [5, 5.41) is 1.28. The molecule has 1 heterocycles. The summed E-state index contributed by atoms with van der Waals surface area (Å²) >= 11 is 0. The van der Waals surface area contributed by atoms with Crippen molar-refractivity contribution in [2.75, 3.05) is 0 Å². The van der Waals surface area contributed by atoms with E-state index in [0.717, 1.165) is 11.2 Å². The van der Waals surface area contributed by atoms with Gasteiger partial charge >= 0.3 is 0 Å². The Morgan fingerprint density at radius 2 is 1.55 bits per heavy atom. The lowest BCUT2D eigenvalue weighted by Crippen LogP contribution is -2.10. The molecule has 1 heteroatoms. The molecule has 0 atom stereocenters. The average Bonchev–Trinajstić information content (AvgIpc) is 2.92. The third-order valence-electron chi connectivity index (χ3n) is 4.39. The lowest BCUT2D eigenvalue weighted by molar-refractivity contribution is 0.590. The van der Waals surface area contributed by atoms with E-state index in [9.17, 15) is 0 Å². The largest absolute Gasteiger partial charge is 0.248 e. The highest BCUT2D eigenvalue weighted by Gasteiger charge is 2.15. The third-order valence-corrected chi connectivity index (χ3v) is 4.39. The predicted molar refractivity (Wildman–Crippen MR) is 94.8 cm³/mol. The number of pyridine rings is 1. The Balaban J connectivity index is 1.84. The Morgan fingerprint density at radius 1 is 0.818 bits per heavy atom. The molecule has 0 saturated heterocycles. The van der Waals surface area contributed by atoms with Crippen LogP contribution < -0.4 is 0 Å². The Labute approximate surface area is 131 Å². The van der Waals surface area contributed by atoms with Gasteiger partial charge in [0, 0.05) is 10.9 Å². The van der Waals surface area contributed by atoms with Gasteiger partial charge in [0.15, 0.2) is 0 Å². The highest BCUT2D eigenvalue weighted by atomic mass is 14.7. The quantitative estimate of drug-likeness (QED) is 0.438. The average molecular weight is 285 g/mol. The Morgan fingerprint density at radius 3 is 2.27 bits per heavy atom. The van der Waals surface area contributed by atoms with Crippen molar-refractivity contribution in [1.82, 2.24) is 4.98 Å². The van der Waals surface area contributed by atoms with Crippen LogP contribution in [0.25, 0.3) is 34.3 Å². The normalized spacial score (nSPS) is 13.0. The van der Waals surface area contributed by atoms with Gasteiger partial charge in [-0.3, -0.25) is 0 Å². The molecule has 0 amide bonds. The molecule has 0 aliphatic heterocycles. The van der Waals surface area contributed by atoms with Crippen LogP contribution in [0.2, 0.25) is 0 Å². The second kappa shape index (κ2) is 4.54. The molecule has 108 valence electrons. The fourth-order valence-electron chi connectivity index (χ4n) is 3.09. The lowest BCUT2D eigenvalue weighted by atomic mass is 9.86. The van der Waals surface area contributed by atoms with Crippen LogP contribution in [0.5, 0.6) is 0 Å². The van der Waals surface area contributed by atoms with Gasteiger partial charge in [-0.2, -0.15) is 0 Å². The molecule has 4 rings (SSSR count). The van der Waals surface area contributed by atoms with Crippen molar-refractivity contribution in [2.45, 2.75) is 26.2 Å². The molecular formula is C21H19N. The minimum absolute atomic E-state index is 0.182. The highest BCUT2D eigenvalue weighted by Crippen LogP contribution is 2.33. The van der Waals surface area contributed by atoms with E-state index in [0.29, 0.717) is 0 Å². The lowest BCUT2D eigenvalue weighted by Gasteiger charge is -2.19. The zero-order valence-electron chi connectivity index (χ0n) is 13.2. The Kier molecular flexibility index (Phi) is 2.74. The van der Waals surface area contributed by atoms with Crippen LogP contribution in [0.4, 0.5) is 0 Å². The molecule has 1 aliphatic carbocycles. The van der Waals surface area contributed by atoms with Gasteiger partial charge in [-0.25, -0.2) is 4.98 Å². The van der Waals surface area contributed by atoms with Gasteiger partial charge in [0.2, 0.25) is 0 Å². The predicted octanol–water partition coefficient (Wildman–Crippen LogP) is 5.68. The minimum atomic E-state index is 0.182. The molecule has 22 heavy (non-hydrogen) atoms. The van der Waals surface area contributed by atoms with Gasteiger partial charge in [-0.05, 0) is 34.2 Å². The van der Waals surface area contributed by atoms with Crippen LogP contribution in [-0.4, -0.2) is 4.98 Å². The Bertz CT molecular complexity index is 894. The maximum absolute atomic E-state index is 4.86. The van der Waals surface area contributed by atoms with E-state index < -0.39 is 0 Å². The topological polar surface area (TPSA) is 12.9 Å². The van der Waals surface area contributed by atoms with Gasteiger partial charge < -0.3 is 0 Å². The second-order valence-electron chi connectivity index (χ2n) is 7.00. The summed E-state index contributed by atoms with van der Waals surface area (Å²) in [4.78, 5) is 4.86. The third kappa shape index (κ3) is 2.05. The minimum Gasteiger partial charge on any atom is -0.248 e. The van der Waals surface area contributed by atoms with E-state index in [1.165, 1.54) is 27.6 Å². The number of aromatic nitrogens is 1. The number of hydrogen-bond acceptors (Lipinski definition) is 1. The number of benzene rings is 2. The van der Waals surface area contributed by atoms with Crippen molar-refractivity contribution in [3.05, 3.63) is 65.2 Å². The summed E-state index contributed by atoms with van der Waals surface area (Å²) in [7, 11) is 0. The zero-order chi connectivity index (χ0) is 15.3. The highest BCUT2D eigenvalue weighted by molar-refractivity contribution is 6.04. The molecule has 3 aromatic rings. The van der Waals surface area contributed by atoms with Crippen molar-refractivity contribution in [3.63, 3.8) is 0 Å². The molecule has 2 aromatic carbocycles. The molecule has 0 spiro atoms. The first kappa shape index (κ1) is 13.3. The van der Waals surface area contributed by atoms with E-state index in [1.807, 2.05) is 0 Å². The molecule has 1 aromatic heterocycles. The van der Waals surface area contributed by atoms with Gasteiger partial charge in [0.25, 0.3) is 0 Å². The van der Waals surface area contributed by atoms with Crippen molar-refractivity contribution in [3.8, 4) is 11.3 Å². The SMILES string of the molecule is CC(C)(C)c1ccc(-c2cc3c4c(cccc4n2)C=C3)cc1. The van der Waals surface area contributed by atoms with Gasteiger partial charge in [0.05, 0.1) is 11.2 Å².